The fraction of sp³-hybridized carbons (Fsp3) is 0.611. The van der Waals surface area contributed by atoms with Gasteiger partial charge in [-0.1, -0.05) is 43.7 Å². The fourth-order valence-corrected chi connectivity index (χ4v) is 3.00. The van der Waals surface area contributed by atoms with Crippen molar-refractivity contribution in [3.63, 3.8) is 0 Å². The summed E-state index contributed by atoms with van der Waals surface area (Å²) in [5.41, 5.74) is 6.61. The molecule has 1 aliphatic rings. The highest BCUT2D eigenvalue weighted by atomic mass is 35.5. The van der Waals surface area contributed by atoms with E-state index in [-0.39, 0.29) is 24.4 Å². The molecule has 1 aromatic carbocycles. The summed E-state index contributed by atoms with van der Waals surface area (Å²) in [6.45, 7) is 6.03. The monoisotopic (exact) mass is 340 g/mol. The van der Waals surface area contributed by atoms with Crippen LogP contribution in [0.2, 0.25) is 0 Å². The van der Waals surface area contributed by atoms with Crippen LogP contribution < -0.4 is 5.73 Å². The SMILES string of the molecule is CCCC(C)(N)C(=O)N1CCC(OCc2ccccc2)CC1.Cl. The molecule has 1 heterocycles. The van der Waals surface area contributed by atoms with Crippen LogP contribution in [-0.4, -0.2) is 35.5 Å². The molecule has 1 atom stereocenters. The second-order valence-corrected chi connectivity index (χ2v) is 6.46. The number of likely N-dealkylation sites (tertiary alicyclic amines) is 1. The average Bonchev–Trinajstić information content (AvgIpc) is 2.54. The van der Waals surface area contributed by atoms with Gasteiger partial charge >= 0.3 is 0 Å². The molecule has 5 heteroatoms. The molecule has 1 fully saturated rings. The lowest BCUT2D eigenvalue weighted by atomic mass is 9.94. The van der Waals surface area contributed by atoms with Gasteiger partial charge in [-0.2, -0.15) is 0 Å². The van der Waals surface area contributed by atoms with Crippen molar-refractivity contribution in [1.29, 1.82) is 0 Å². The van der Waals surface area contributed by atoms with Crippen molar-refractivity contribution in [3.05, 3.63) is 35.9 Å². The van der Waals surface area contributed by atoms with E-state index < -0.39 is 5.54 Å². The van der Waals surface area contributed by atoms with Crippen molar-refractivity contribution >= 4 is 18.3 Å². The number of carbonyl (C=O) groups is 1. The molecule has 0 aromatic heterocycles. The molecule has 2 rings (SSSR count). The Kier molecular flexibility index (Phi) is 8.03. The van der Waals surface area contributed by atoms with Gasteiger partial charge in [-0.3, -0.25) is 4.79 Å². The number of halogens is 1. The van der Waals surface area contributed by atoms with Gasteiger partial charge < -0.3 is 15.4 Å². The Bertz CT molecular complexity index is 471. The number of benzene rings is 1. The lowest BCUT2D eigenvalue weighted by Gasteiger charge is -2.36. The predicted octanol–water partition coefficient (Wildman–Crippen LogP) is 3.13. The third-order valence-electron chi connectivity index (χ3n) is 4.32. The minimum absolute atomic E-state index is 0. The summed E-state index contributed by atoms with van der Waals surface area (Å²) in [5.74, 6) is 0.0795. The molecule has 4 nitrogen and oxygen atoms in total. The predicted molar refractivity (Wildman–Crippen MR) is 95.6 cm³/mol. The minimum Gasteiger partial charge on any atom is -0.373 e. The molecule has 0 radical (unpaired) electrons. The maximum absolute atomic E-state index is 12.5. The van der Waals surface area contributed by atoms with Crippen LogP contribution in [-0.2, 0) is 16.1 Å². The highest BCUT2D eigenvalue weighted by Crippen LogP contribution is 2.20. The van der Waals surface area contributed by atoms with Crippen LogP contribution in [0.3, 0.4) is 0 Å². The molecule has 1 aliphatic heterocycles. The summed E-state index contributed by atoms with van der Waals surface area (Å²) in [4.78, 5) is 14.4. The summed E-state index contributed by atoms with van der Waals surface area (Å²) in [6.07, 6.45) is 3.67. The van der Waals surface area contributed by atoms with Crippen molar-refractivity contribution < 1.29 is 9.53 Å². The molecule has 2 N–H and O–H groups in total. The maximum atomic E-state index is 12.5. The molecule has 0 spiro atoms. The van der Waals surface area contributed by atoms with Crippen molar-refractivity contribution in [2.45, 2.75) is 57.8 Å². The van der Waals surface area contributed by atoms with Crippen LogP contribution in [0, 0.1) is 0 Å². The quantitative estimate of drug-likeness (QED) is 0.865. The molecule has 23 heavy (non-hydrogen) atoms. The number of amides is 1. The highest BCUT2D eigenvalue weighted by Gasteiger charge is 2.33. The third kappa shape index (κ3) is 5.79. The summed E-state index contributed by atoms with van der Waals surface area (Å²) >= 11 is 0. The largest absolute Gasteiger partial charge is 0.373 e. The Balaban J connectivity index is 0.00000264. The second kappa shape index (κ2) is 9.26. The van der Waals surface area contributed by atoms with Crippen molar-refractivity contribution in [1.82, 2.24) is 4.90 Å². The first-order valence-corrected chi connectivity index (χ1v) is 8.26. The summed E-state index contributed by atoms with van der Waals surface area (Å²) < 4.78 is 5.96. The second-order valence-electron chi connectivity index (χ2n) is 6.46. The molecule has 1 unspecified atom stereocenters. The molecule has 1 aromatic rings. The van der Waals surface area contributed by atoms with Crippen LogP contribution in [0.25, 0.3) is 0 Å². The van der Waals surface area contributed by atoms with Crippen LogP contribution >= 0.6 is 12.4 Å². The Labute approximate surface area is 145 Å². The van der Waals surface area contributed by atoms with E-state index in [0.29, 0.717) is 6.61 Å². The van der Waals surface area contributed by atoms with E-state index in [4.69, 9.17) is 10.5 Å². The molecule has 1 amide bonds. The smallest absolute Gasteiger partial charge is 0.242 e. The van der Waals surface area contributed by atoms with E-state index in [1.807, 2.05) is 30.0 Å². The van der Waals surface area contributed by atoms with Gasteiger partial charge in [0.05, 0.1) is 18.2 Å². The molecular weight excluding hydrogens is 312 g/mol. The normalized spacial score (nSPS) is 18.1. The average molecular weight is 341 g/mol. The first kappa shape index (κ1) is 19.9. The van der Waals surface area contributed by atoms with Crippen molar-refractivity contribution in [3.8, 4) is 0 Å². The number of rotatable bonds is 6. The summed E-state index contributed by atoms with van der Waals surface area (Å²) in [6, 6.07) is 10.2. The van der Waals surface area contributed by atoms with Gasteiger partial charge in [0.2, 0.25) is 5.91 Å². The maximum Gasteiger partial charge on any atom is 0.242 e. The van der Waals surface area contributed by atoms with Crippen LogP contribution in [0.4, 0.5) is 0 Å². The number of carbonyl (C=O) groups excluding carboxylic acids is 1. The standard InChI is InChI=1S/C18H28N2O2.ClH/c1-3-11-18(2,19)17(21)20-12-9-16(10-13-20)22-14-15-7-5-4-6-8-15;/h4-8,16H,3,9-14,19H2,1-2H3;1H. The number of piperidine rings is 1. The van der Waals surface area contributed by atoms with E-state index in [9.17, 15) is 4.79 Å². The van der Waals surface area contributed by atoms with Crippen LogP contribution in [0.15, 0.2) is 30.3 Å². The van der Waals surface area contributed by atoms with Gasteiger partial charge in [-0.25, -0.2) is 0 Å². The minimum atomic E-state index is -0.730. The number of ether oxygens (including phenoxy) is 1. The van der Waals surface area contributed by atoms with E-state index >= 15 is 0 Å². The number of hydrogen-bond donors (Lipinski definition) is 1. The van der Waals surface area contributed by atoms with E-state index in [0.717, 1.165) is 38.8 Å². The number of hydrogen-bond acceptors (Lipinski definition) is 3. The first-order valence-electron chi connectivity index (χ1n) is 8.26. The lowest BCUT2D eigenvalue weighted by Crippen LogP contribution is -2.55. The van der Waals surface area contributed by atoms with Gasteiger partial charge in [0.25, 0.3) is 0 Å². The van der Waals surface area contributed by atoms with E-state index in [1.54, 1.807) is 0 Å². The Morgan fingerprint density at radius 2 is 1.91 bits per heavy atom. The Morgan fingerprint density at radius 1 is 1.30 bits per heavy atom. The van der Waals surface area contributed by atoms with Gasteiger partial charge in [0.1, 0.15) is 0 Å². The van der Waals surface area contributed by atoms with Gasteiger partial charge in [0, 0.05) is 13.1 Å². The van der Waals surface area contributed by atoms with Gasteiger partial charge in [0.15, 0.2) is 0 Å². The van der Waals surface area contributed by atoms with Crippen LogP contribution in [0.5, 0.6) is 0 Å². The lowest BCUT2D eigenvalue weighted by molar-refractivity contribution is -0.139. The van der Waals surface area contributed by atoms with Crippen molar-refractivity contribution in [2.75, 3.05) is 13.1 Å². The van der Waals surface area contributed by atoms with Crippen molar-refractivity contribution in [2.24, 2.45) is 5.73 Å². The molecule has 0 aliphatic carbocycles. The molecule has 0 bridgehead atoms. The topological polar surface area (TPSA) is 55.6 Å². The van der Waals surface area contributed by atoms with Crippen LogP contribution in [0.1, 0.15) is 45.1 Å². The number of nitrogens with zero attached hydrogens (tertiary/aromatic N) is 1. The van der Waals surface area contributed by atoms with Gasteiger partial charge in [-0.15, -0.1) is 12.4 Å². The summed E-state index contributed by atoms with van der Waals surface area (Å²) in [5, 5.41) is 0. The van der Waals surface area contributed by atoms with E-state index in [1.165, 1.54) is 5.56 Å². The zero-order chi connectivity index (χ0) is 16.0. The summed E-state index contributed by atoms with van der Waals surface area (Å²) in [7, 11) is 0. The fourth-order valence-electron chi connectivity index (χ4n) is 3.00. The van der Waals surface area contributed by atoms with E-state index in [2.05, 4.69) is 19.1 Å². The third-order valence-corrected chi connectivity index (χ3v) is 4.32. The van der Waals surface area contributed by atoms with Gasteiger partial charge in [-0.05, 0) is 31.7 Å². The zero-order valence-corrected chi connectivity index (χ0v) is 15.0. The molecule has 0 saturated carbocycles. The first-order chi connectivity index (χ1) is 10.5. The Morgan fingerprint density at radius 3 is 2.48 bits per heavy atom. The Hall–Kier alpha value is -1.10. The highest BCUT2D eigenvalue weighted by molar-refractivity contribution is 5.86. The molecule has 1 saturated heterocycles. The molecule has 130 valence electrons. The number of nitrogens with two attached hydrogens (primary N) is 1. The zero-order valence-electron chi connectivity index (χ0n) is 14.2. The molecular formula is C18H29ClN2O2.